The average Bonchev–Trinajstić information content (AvgIpc) is 3.09. The molecular weight excluding hydrogens is 338 g/mol. The second kappa shape index (κ2) is 7.06. The summed E-state index contributed by atoms with van der Waals surface area (Å²) in [5, 5.41) is 0. The number of anilines is 3. The molecule has 5 nitrogen and oxygen atoms in total. The molecule has 0 aliphatic carbocycles. The van der Waals surface area contributed by atoms with Crippen LogP contribution in [0.25, 0.3) is 0 Å². The number of rotatable bonds is 3. The van der Waals surface area contributed by atoms with Crippen LogP contribution in [-0.4, -0.2) is 24.9 Å². The van der Waals surface area contributed by atoms with Crippen molar-refractivity contribution in [2.45, 2.75) is 32.6 Å². The number of nitrogens with zero attached hydrogens (tertiary/aromatic N) is 2. The van der Waals surface area contributed by atoms with Crippen molar-refractivity contribution in [3.05, 3.63) is 53.6 Å². The predicted octanol–water partition coefficient (Wildman–Crippen LogP) is 3.16. The summed E-state index contributed by atoms with van der Waals surface area (Å²) in [6.07, 6.45) is 2.98. The minimum atomic E-state index is -0.310. The number of benzene rings is 2. The molecule has 1 unspecified atom stereocenters. The van der Waals surface area contributed by atoms with Gasteiger partial charge < -0.3 is 15.5 Å². The van der Waals surface area contributed by atoms with Crippen LogP contribution < -0.4 is 15.5 Å². The maximum absolute atomic E-state index is 13.2. The lowest BCUT2D eigenvalue weighted by atomic mass is 9.97. The summed E-state index contributed by atoms with van der Waals surface area (Å²) in [4.78, 5) is 29.4. The molecule has 0 radical (unpaired) electrons. The highest BCUT2D eigenvalue weighted by Gasteiger charge is 2.38. The molecule has 27 heavy (non-hydrogen) atoms. The molecule has 1 atom stereocenters. The van der Waals surface area contributed by atoms with Crippen molar-refractivity contribution in [3.63, 3.8) is 0 Å². The third kappa shape index (κ3) is 3.18. The molecule has 1 saturated heterocycles. The van der Waals surface area contributed by atoms with Gasteiger partial charge in [0.25, 0.3) is 0 Å². The SMILES string of the molecule is CCc1cccc(N2CC(C(=O)N3CCCc4c(N)cccc43)CC2=O)c1. The molecule has 2 aliphatic heterocycles. The Kier molecular flexibility index (Phi) is 4.60. The van der Waals surface area contributed by atoms with Crippen molar-refractivity contribution in [1.82, 2.24) is 0 Å². The number of hydrogen-bond acceptors (Lipinski definition) is 3. The largest absolute Gasteiger partial charge is 0.398 e. The molecule has 2 aromatic rings. The number of hydrogen-bond donors (Lipinski definition) is 1. The minimum Gasteiger partial charge on any atom is -0.398 e. The second-order valence-corrected chi connectivity index (χ2v) is 7.37. The number of carbonyl (C=O) groups excluding carboxylic acids is 2. The first kappa shape index (κ1) is 17.6. The molecule has 0 spiro atoms. The molecule has 0 aromatic heterocycles. The van der Waals surface area contributed by atoms with Crippen molar-refractivity contribution in [2.24, 2.45) is 5.92 Å². The van der Waals surface area contributed by atoms with Gasteiger partial charge in [-0.1, -0.05) is 25.1 Å². The Bertz CT molecular complexity index is 893. The average molecular weight is 363 g/mol. The second-order valence-electron chi connectivity index (χ2n) is 7.37. The molecule has 5 heteroatoms. The predicted molar refractivity (Wildman–Crippen MR) is 108 cm³/mol. The fraction of sp³-hybridized carbons (Fsp3) is 0.364. The van der Waals surface area contributed by atoms with Crippen LogP contribution in [0.15, 0.2) is 42.5 Å². The molecular formula is C22H25N3O2. The van der Waals surface area contributed by atoms with Crippen LogP contribution in [0.3, 0.4) is 0 Å². The van der Waals surface area contributed by atoms with E-state index in [1.807, 2.05) is 41.3 Å². The fourth-order valence-corrected chi connectivity index (χ4v) is 4.17. The fourth-order valence-electron chi connectivity index (χ4n) is 4.17. The topological polar surface area (TPSA) is 66.6 Å². The Morgan fingerprint density at radius 2 is 2.04 bits per heavy atom. The zero-order chi connectivity index (χ0) is 19.0. The summed E-state index contributed by atoms with van der Waals surface area (Å²) in [7, 11) is 0. The van der Waals surface area contributed by atoms with Gasteiger partial charge in [0.05, 0.1) is 5.92 Å². The lowest BCUT2D eigenvalue weighted by Gasteiger charge is -2.32. The van der Waals surface area contributed by atoms with Gasteiger partial charge in [-0.05, 0) is 54.7 Å². The van der Waals surface area contributed by atoms with E-state index >= 15 is 0 Å². The van der Waals surface area contributed by atoms with E-state index in [1.54, 1.807) is 4.90 Å². The van der Waals surface area contributed by atoms with Crippen LogP contribution in [0.5, 0.6) is 0 Å². The van der Waals surface area contributed by atoms with Gasteiger partial charge in [-0.2, -0.15) is 0 Å². The molecule has 2 aromatic carbocycles. The zero-order valence-corrected chi connectivity index (χ0v) is 15.6. The van der Waals surface area contributed by atoms with E-state index in [4.69, 9.17) is 5.73 Å². The summed E-state index contributed by atoms with van der Waals surface area (Å²) < 4.78 is 0. The highest BCUT2D eigenvalue weighted by Crippen LogP contribution is 2.34. The standard InChI is InChI=1S/C22H25N3O2/c1-2-15-6-3-7-17(12-15)25-14-16(13-21(25)26)22(27)24-11-5-8-18-19(23)9-4-10-20(18)24/h3-4,6-7,9-10,12,16H,2,5,8,11,13-14,23H2,1H3. The summed E-state index contributed by atoms with van der Waals surface area (Å²) in [6.45, 7) is 3.22. The molecule has 2 amide bonds. The van der Waals surface area contributed by atoms with Crippen LogP contribution in [0, 0.1) is 5.92 Å². The maximum Gasteiger partial charge on any atom is 0.232 e. The third-order valence-corrected chi connectivity index (χ3v) is 5.66. The summed E-state index contributed by atoms with van der Waals surface area (Å²) >= 11 is 0. The van der Waals surface area contributed by atoms with Gasteiger partial charge >= 0.3 is 0 Å². The Morgan fingerprint density at radius 1 is 1.22 bits per heavy atom. The van der Waals surface area contributed by atoms with Crippen molar-refractivity contribution >= 4 is 28.9 Å². The number of nitrogens with two attached hydrogens (primary N) is 1. The normalized spacial score (nSPS) is 19.3. The van der Waals surface area contributed by atoms with Crippen molar-refractivity contribution < 1.29 is 9.59 Å². The molecule has 4 rings (SSSR count). The molecule has 0 saturated carbocycles. The first-order chi connectivity index (χ1) is 13.1. The van der Waals surface area contributed by atoms with Crippen LogP contribution >= 0.6 is 0 Å². The molecule has 2 aliphatic rings. The molecule has 140 valence electrons. The van der Waals surface area contributed by atoms with Gasteiger partial charge in [-0.3, -0.25) is 9.59 Å². The van der Waals surface area contributed by atoms with E-state index < -0.39 is 0 Å². The van der Waals surface area contributed by atoms with Gasteiger partial charge in [-0.25, -0.2) is 0 Å². The van der Waals surface area contributed by atoms with E-state index in [9.17, 15) is 9.59 Å². The van der Waals surface area contributed by atoms with Gasteiger partial charge in [0.15, 0.2) is 0 Å². The number of fused-ring (bicyclic) bond motifs is 1. The van der Waals surface area contributed by atoms with Crippen molar-refractivity contribution in [1.29, 1.82) is 0 Å². The van der Waals surface area contributed by atoms with Gasteiger partial charge in [0, 0.05) is 36.6 Å². The van der Waals surface area contributed by atoms with Crippen molar-refractivity contribution in [2.75, 3.05) is 28.6 Å². The highest BCUT2D eigenvalue weighted by atomic mass is 16.2. The van der Waals surface area contributed by atoms with E-state index in [0.29, 0.717) is 13.1 Å². The molecule has 1 fully saturated rings. The number of nitrogen functional groups attached to an aromatic ring is 1. The van der Waals surface area contributed by atoms with E-state index in [2.05, 4.69) is 13.0 Å². The maximum atomic E-state index is 13.2. The quantitative estimate of drug-likeness (QED) is 0.852. The van der Waals surface area contributed by atoms with Crippen LogP contribution in [0.2, 0.25) is 0 Å². The van der Waals surface area contributed by atoms with Crippen LogP contribution in [0.4, 0.5) is 17.1 Å². The summed E-state index contributed by atoms with van der Waals surface area (Å²) in [5.41, 5.74) is 10.9. The van der Waals surface area contributed by atoms with Crippen LogP contribution in [-0.2, 0) is 22.4 Å². The number of aryl methyl sites for hydroxylation is 1. The Hall–Kier alpha value is -2.82. The summed E-state index contributed by atoms with van der Waals surface area (Å²) in [6, 6.07) is 13.8. The lowest BCUT2D eigenvalue weighted by molar-refractivity contribution is -0.124. The smallest absolute Gasteiger partial charge is 0.232 e. The van der Waals surface area contributed by atoms with Crippen molar-refractivity contribution in [3.8, 4) is 0 Å². The monoisotopic (exact) mass is 363 g/mol. The summed E-state index contributed by atoms with van der Waals surface area (Å²) in [5.74, 6) is -0.259. The van der Waals surface area contributed by atoms with E-state index in [0.717, 1.165) is 41.9 Å². The van der Waals surface area contributed by atoms with Gasteiger partial charge in [0.1, 0.15) is 0 Å². The van der Waals surface area contributed by atoms with E-state index in [1.165, 1.54) is 5.56 Å². The Labute approximate surface area is 159 Å². The number of amides is 2. The minimum absolute atomic E-state index is 0.0198. The Balaban J connectivity index is 1.56. The molecule has 2 N–H and O–H groups in total. The first-order valence-corrected chi connectivity index (χ1v) is 9.66. The first-order valence-electron chi connectivity index (χ1n) is 9.66. The molecule has 0 bridgehead atoms. The van der Waals surface area contributed by atoms with Gasteiger partial charge in [0.2, 0.25) is 11.8 Å². The van der Waals surface area contributed by atoms with Gasteiger partial charge in [-0.15, -0.1) is 0 Å². The van der Waals surface area contributed by atoms with Crippen LogP contribution in [0.1, 0.15) is 30.9 Å². The lowest BCUT2D eigenvalue weighted by Crippen LogP contribution is -2.40. The zero-order valence-electron chi connectivity index (χ0n) is 15.6. The van der Waals surface area contributed by atoms with E-state index in [-0.39, 0.29) is 24.2 Å². The highest BCUT2D eigenvalue weighted by molar-refractivity contribution is 6.05. The number of carbonyl (C=O) groups is 2. The molecule has 2 heterocycles. The third-order valence-electron chi connectivity index (χ3n) is 5.66. The Morgan fingerprint density at radius 3 is 2.85 bits per heavy atom.